The summed E-state index contributed by atoms with van der Waals surface area (Å²) in [5.41, 5.74) is 0.606. The molecule has 0 atom stereocenters. The van der Waals surface area contributed by atoms with E-state index in [4.69, 9.17) is 0 Å². The maximum atomic E-state index is 14.0. The number of aryl methyl sites for hydroxylation is 3. The molecule has 0 radical (unpaired) electrons. The van der Waals surface area contributed by atoms with Crippen LogP contribution in [0.5, 0.6) is 0 Å². The van der Waals surface area contributed by atoms with Crippen LogP contribution in [0.2, 0.25) is 0 Å². The van der Waals surface area contributed by atoms with Crippen LogP contribution in [-0.2, 0) is 21.2 Å². The summed E-state index contributed by atoms with van der Waals surface area (Å²) in [7, 11) is -4.07. The van der Waals surface area contributed by atoms with E-state index in [-0.39, 0.29) is 15.5 Å². The van der Waals surface area contributed by atoms with Crippen molar-refractivity contribution in [3.8, 4) is 0 Å². The van der Waals surface area contributed by atoms with E-state index in [1.807, 2.05) is 0 Å². The lowest BCUT2D eigenvalue weighted by Gasteiger charge is -2.15. The number of carbonyl (C=O) groups is 1. The van der Waals surface area contributed by atoms with E-state index in [0.717, 1.165) is 4.57 Å². The van der Waals surface area contributed by atoms with Crippen molar-refractivity contribution in [3.63, 3.8) is 0 Å². The van der Waals surface area contributed by atoms with Crippen molar-refractivity contribution in [3.05, 3.63) is 87.6 Å². The smallest absolute Gasteiger partial charge is 0.270 e. The van der Waals surface area contributed by atoms with Gasteiger partial charge in [-0.15, -0.1) is 0 Å². The van der Waals surface area contributed by atoms with Crippen molar-refractivity contribution in [2.75, 3.05) is 5.32 Å². The van der Waals surface area contributed by atoms with Crippen LogP contribution >= 0.6 is 0 Å². The molecule has 0 aliphatic rings. The molecular weight excluding hydrogens is 407 g/mol. The molecule has 0 saturated heterocycles. The fraction of sp³-hybridized carbons (Fsp3) is 0.182. The van der Waals surface area contributed by atoms with Gasteiger partial charge in [-0.1, -0.05) is 24.3 Å². The SMILES string of the molecule is Cc1ccc(NC(=O)Cn2c(C)cc(C)c(S(=O)(=O)c3ccccc3)c2=O)c(F)c1. The average Bonchev–Trinajstić information content (AvgIpc) is 2.67. The normalized spacial score (nSPS) is 11.3. The number of hydrogen-bond donors (Lipinski definition) is 1. The van der Waals surface area contributed by atoms with Gasteiger partial charge in [0.25, 0.3) is 5.56 Å². The molecule has 0 saturated carbocycles. The molecule has 0 unspecified atom stereocenters. The molecule has 0 aliphatic carbocycles. The minimum atomic E-state index is -4.07. The third kappa shape index (κ3) is 4.18. The molecule has 0 bridgehead atoms. The molecule has 1 heterocycles. The molecule has 156 valence electrons. The Balaban J connectivity index is 1.99. The Morgan fingerprint density at radius 1 is 1.03 bits per heavy atom. The molecule has 8 heteroatoms. The summed E-state index contributed by atoms with van der Waals surface area (Å²) in [6.45, 7) is 4.41. The van der Waals surface area contributed by atoms with E-state index in [0.29, 0.717) is 16.8 Å². The van der Waals surface area contributed by atoms with E-state index >= 15 is 0 Å². The lowest BCUT2D eigenvalue weighted by atomic mass is 10.2. The maximum Gasteiger partial charge on any atom is 0.270 e. The summed E-state index contributed by atoms with van der Waals surface area (Å²) in [6.07, 6.45) is 0. The van der Waals surface area contributed by atoms with Crippen molar-refractivity contribution in [1.29, 1.82) is 0 Å². The van der Waals surface area contributed by atoms with Crippen molar-refractivity contribution < 1.29 is 17.6 Å². The van der Waals surface area contributed by atoms with Crippen LogP contribution in [0.15, 0.2) is 69.2 Å². The summed E-state index contributed by atoms with van der Waals surface area (Å²) in [4.78, 5) is 25.1. The summed E-state index contributed by atoms with van der Waals surface area (Å²) in [5.74, 6) is -1.24. The number of anilines is 1. The van der Waals surface area contributed by atoms with E-state index < -0.39 is 33.7 Å². The van der Waals surface area contributed by atoms with E-state index in [1.165, 1.54) is 37.3 Å². The van der Waals surface area contributed by atoms with Crippen LogP contribution in [0.4, 0.5) is 10.1 Å². The number of pyridine rings is 1. The molecular formula is C22H21FN2O4S. The first kappa shape index (κ1) is 21.4. The standard InChI is InChI=1S/C22H21FN2O4S/c1-14-9-10-19(18(23)11-14)24-20(26)13-25-16(3)12-15(2)21(22(25)27)30(28,29)17-7-5-4-6-8-17/h4-12H,13H2,1-3H3,(H,24,26). The lowest BCUT2D eigenvalue weighted by Crippen LogP contribution is -2.33. The van der Waals surface area contributed by atoms with E-state index in [1.54, 1.807) is 38.1 Å². The summed E-state index contributed by atoms with van der Waals surface area (Å²) in [5, 5.41) is 2.42. The van der Waals surface area contributed by atoms with Gasteiger partial charge in [-0.2, -0.15) is 0 Å². The van der Waals surface area contributed by atoms with Gasteiger partial charge in [0.05, 0.1) is 10.6 Å². The molecule has 3 rings (SSSR count). The Morgan fingerprint density at radius 2 is 1.70 bits per heavy atom. The number of sulfone groups is 1. The summed E-state index contributed by atoms with van der Waals surface area (Å²) in [6, 6.07) is 13.5. The van der Waals surface area contributed by atoms with Crippen LogP contribution < -0.4 is 10.9 Å². The Kier molecular flexibility index (Phi) is 5.89. The Labute approximate surface area is 173 Å². The number of carbonyl (C=O) groups excluding carboxylic acids is 1. The zero-order valence-corrected chi connectivity index (χ0v) is 17.6. The number of nitrogens with one attached hydrogen (secondary N) is 1. The van der Waals surface area contributed by atoms with Gasteiger partial charge in [0.1, 0.15) is 17.3 Å². The third-order valence-electron chi connectivity index (χ3n) is 4.67. The molecule has 2 aromatic carbocycles. The molecule has 1 N–H and O–H groups in total. The first-order chi connectivity index (χ1) is 14.1. The highest BCUT2D eigenvalue weighted by Gasteiger charge is 2.26. The highest BCUT2D eigenvalue weighted by Crippen LogP contribution is 2.21. The van der Waals surface area contributed by atoms with E-state index in [9.17, 15) is 22.4 Å². The van der Waals surface area contributed by atoms with Gasteiger partial charge in [0.15, 0.2) is 0 Å². The summed E-state index contributed by atoms with van der Waals surface area (Å²) < 4.78 is 41.1. The van der Waals surface area contributed by atoms with Crippen molar-refractivity contribution in [2.45, 2.75) is 37.1 Å². The molecule has 1 aromatic heterocycles. The van der Waals surface area contributed by atoms with Crippen LogP contribution in [0.25, 0.3) is 0 Å². The van der Waals surface area contributed by atoms with Crippen LogP contribution in [0.1, 0.15) is 16.8 Å². The number of aromatic nitrogens is 1. The van der Waals surface area contributed by atoms with Crippen LogP contribution in [0.3, 0.4) is 0 Å². The Morgan fingerprint density at radius 3 is 2.33 bits per heavy atom. The lowest BCUT2D eigenvalue weighted by molar-refractivity contribution is -0.116. The first-order valence-electron chi connectivity index (χ1n) is 9.18. The predicted octanol–water partition coefficient (Wildman–Crippen LogP) is 3.38. The van der Waals surface area contributed by atoms with Crippen LogP contribution in [0, 0.1) is 26.6 Å². The average molecular weight is 428 g/mol. The Hall–Kier alpha value is -3.26. The van der Waals surface area contributed by atoms with Gasteiger partial charge in [-0.25, -0.2) is 12.8 Å². The number of benzene rings is 2. The highest BCUT2D eigenvalue weighted by molar-refractivity contribution is 7.91. The number of amides is 1. The minimum Gasteiger partial charge on any atom is -0.322 e. The van der Waals surface area contributed by atoms with Gasteiger partial charge >= 0.3 is 0 Å². The predicted molar refractivity (Wildman–Crippen MR) is 112 cm³/mol. The molecule has 6 nitrogen and oxygen atoms in total. The van der Waals surface area contributed by atoms with Gasteiger partial charge in [-0.05, 0) is 62.2 Å². The maximum absolute atomic E-state index is 14.0. The fourth-order valence-electron chi connectivity index (χ4n) is 3.20. The largest absolute Gasteiger partial charge is 0.322 e. The zero-order valence-electron chi connectivity index (χ0n) is 16.8. The molecule has 30 heavy (non-hydrogen) atoms. The zero-order chi connectivity index (χ0) is 22.1. The Bertz CT molecular complexity index is 1280. The topological polar surface area (TPSA) is 85.2 Å². The van der Waals surface area contributed by atoms with Gasteiger partial charge < -0.3 is 9.88 Å². The molecule has 0 aliphatic heterocycles. The van der Waals surface area contributed by atoms with Gasteiger partial charge in [0, 0.05) is 5.69 Å². The second kappa shape index (κ2) is 8.23. The number of rotatable bonds is 5. The van der Waals surface area contributed by atoms with Crippen molar-refractivity contribution in [1.82, 2.24) is 4.57 Å². The number of hydrogen-bond acceptors (Lipinski definition) is 4. The fourth-order valence-corrected chi connectivity index (χ4v) is 4.78. The van der Waals surface area contributed by atoms with Crippen LogP contribution in [-0.4, -0.2) is 18.9 Å². The molecule has 1 amide bonds. The molecule has 0 fully saturated rings. The van der Waals surface area contributed by atoms with Gasteiger partial charge in [-0.3, -0.25) is 9.59 Å². The highest BCUT2D eigenvalue weighted by atomic mass is 32.2. The van der Waals surface area contributed by atoms with E-state index in [2.05, 4.69) is 5.32 Å². The molecule has 0 spiro atoms. The number of halogens is 1. The second-order valence-electron chi connectivity index (χ2n) is 7.04. The monoisotopic (exact) mass is 428 g/mol. The quantitative estimate of drug-likeness (QED) is 0.675. The number of nitrogens with zero attached hydrogens (tertiary/aromatic N) is 1. The first-order valence-corrected chi connectivity index (χ1v) is 10.7. The minimum absolute atomic E-state index is 0.00761. The van der Waals surface area contributed by atoms with Crippen molar-refractivity contribution in [2.24, 2.45) is 0 Å². The third-order valence-corrected chi connectivity index (χ3v) is 6.60. The summed E-state index contributed by atoms with van der Waals surface area (Å²) >= 11 is 0. The molecule has 3 aromatic rings. The second-order valence-corrected chi connectivity index (χ2v) is 8.92. The van der Waals surface area contributed by atoms with Gasteiger partial charge in [0.2, 0.25) is 15.7 Å². The van der Waals surface area contributed by atoms with Crippen molar-refractivity contribution >= 4 is 21.4 Å².